The van der Waals surface area contributed by atoms with Gasteiger partial charge in [-0.3, -0.25) is 5.43 Å². The lowest BCUT2D eigenvalue weighted by Gasteiger charge is -2.20. The third-order valence-electron chi connectivity index (χ3n) is 4.75. The molecule has 5 nitrogen and oxygen atoms in total. The first-order chi connectivity index (χ1) is 10.8. The number of aromatic nitrogens is 2. The van der Waals surface area contributed by atoms with Gasteiger partial charge in [-0.2, -0.15) is 5.10 Å². The maximum atomic E-state index is 4.63. The van der Waals surface area contributed by atoms with Crippen molar-refractivity contribution >= 4 is 33.1 Å². The van der Waals surface area contributed by atoms with Crippen LogP contribution in [0.1, 0.15) is 36.1 Å². The molecule has 0 spiro atoms. The van der Waals surface area contributed by atoms with Gasteiger partial charge in [0, 0.05) is 23.4 Å². The number of hydrazone groups is 1. The summed E-state index contributed by atoms with van der Waals surface area (Å²) in [5, 5.41) is 5.85. The molecule has 0 radical (unpaired) electrons. The highest BCUT2D eigenvalue weighted by Gasteiger charge is 2.20. The zero-order valence-corrected chi connectivity index (χ0v) is 13.8. The van der Waals surface area contributed by atoms with E-state index in [-0.39, 0.29) is 0 Å². The Kier molecular flexibility index (Phi) is 3.80. The summed E-state index contributed by atoms with van der Waals surface area (Å²) in [6.07, 6.45) is 8.74. The van der Waals surface area contributed by atoms with Gasteiger partial charge in [0.15, 0.2) is 5.82 Å². The number of nitrogens with one attached hydrogen (secondary N) is 2. The van der Waals surface area contributed by atoms with Crippen molar-refractivity contribution < 1.29 is 4.90 Å². The fourth-order valence-electron chi connectivity index (χ4n) is 3.38. The lowest BCUT2D eigenvalue weighted by Crippen LogP contribution is -3.10. The number of piperidine rings is 1. The van der Waals surface area contributed by atoms with Crippen LogP contribution in [0.3, 0.4) is 0 Å². The summed E-state index contributed by atoms with van der Waals surface area (Å²) in [6, 6.07) is 0. The Morgan fingerprint density at radius 1 is 1.14 bits per heavy atom. The SMILES string of the molecule is C[NH+]1CCC(=NNc2ncnc3sc4c(c23)CCCC4)CC1. The van der Waals surface area contributed by atoms with E-state index in [1.165, 1.54) is 53.9 Å². The number of hydrogen-bond acceptors (Lipinski definition) is 5. The van der Waals surface area contributed by atoms with Gasteiger partial charge in [-0.25, -0.2) is 9.97 Å². The van der Waals surface area contributed by atoms with E-state index < -0.39 is 0 Å². The van der Waals surface area contributed by atoms with Gasteiger partial charge < -0.3 is 4.90 Å². The molecule has 1 fully saturated rings. The zero-order chi connectivity index (χ0) is 14.9. The van der Waals surface area contributed by atoms with Crippen LogP contribution in [0.15, 0.2) is 11.4 Å². The van der Waals surface area contributed by atoms with E-state index in [4.69, 9.17) is 0 Å². The van der Waals surface area contributed by atoms with Crippen molar-refractivity contribution in [2.24, 2.45) is 5.10 Å². The quantitative estimate of drug-likeness (QED) is 0.828. The highest BCUT2D eigenvalue weighted by molar-refractivity contribution is 7.19. The summed E-state index contributed by atoms with van der Waals surface area (Å²) < 4.78 is 0. The fourth-order valence-corrected chi connectivity index (χ4v) is 4.61. The van der Waals surface area contributed by atoms with Crippen molar-refractivity contribution in [2.75, 3.05) is 25.6 Å². The van der Waals surface area contributed by atoms with Crippen molar-refractivity contribution in [3.63, 3.8) is 0 Å². The highest BCUT2D eigenvalue weighted by Crippen LogP contribution is 2.38. The topological polar surface area (TPSA) is 54.6 Å². The van der Waals surface area contributed by atoms with Crippen LogP contribution in [0.25, 0.3) is 10.2 Å². The Hall–Kier alpha value is -1.53. The van der Waals surface area contributed by atoms with Crippen LogP contribution >= 0.6 is 11.3 Å². The first kappa shape index (κ1) is 14.1. The van der Waals surface area contributed by atoms with E-state index >= 15 is 0 Å². The third-order valence-corrected chi connectivity index (χ3v) is 5.95. The van der Waals surface area contributed by atoms with Crippen LogP contribution in [-0.2, 0) is 12.8 Å². The maximum Gasteiger partial charge on any atom is 0.158 e. The minimum Gasteiger partial charge on any atom is -0.337 e. The van der Waals surface area contributed by atoms with Crippen LogP contribution in [0, 0.1) is 0 Å². The second-order valence-corrected chi connectivity index (χ2v) is 7.44. The number of rotatable bonds is 2. The summed E-state index contributed by atoms with van der Waals surface area (Å²) in [5.41, 5.74) is 5.97. The summed E-state index contributed by atoms with van der Waals surface area (Å²) in [6.45, 7) is 2.35. The molecule has 2 aromatic heterocycles. The Morgan fingerprint density at radius 3 is 2.82 bits per heavy atom. The molecule has 0 atom stereocenters. The smallest absolute Gasteiger partial charge is 0.158 e. The maximum absolute atomic E-state index is 4.63. The number of fused-ring (bicyclic) bond motifs is 3. The van der Waals surface area contributed by atoms with E-state index in [1.54, 1.807) is 11.2 Å². The molecular weight excluding hydrogens is 294 g/mol. The summed E-state index contributed by atoms with van der Waals surface area (Å²) in [4.78, 5) is 13.1. The molecule has 3 heterocycles. The van der Waals surface area contributed by atoms with Crippen LogP contribution < -0.4 is 10.3 Å². The van der Waals surface area contributed by atoms with Crippen LogP contribution in [0.4, 0.5) is 5.82 Å². The van der Waals surface area contributed by atoms with E-state index in [0.29, 0.717) is 0 Å². The number of hydrogen-bond donors (Lipinski definition) is 2. The second-order valence-electron chi connectivity index (χ2n) is 6.36. The average molecular weight is 316 g/mol. The summed E-state index contributed by atoms with van der Waals surface area (Å²) >= 11 is 1.83. The Bertz CT molecular complexity index is 711. The van der Waals surface area contributed by atoms with E-state index in [2.05, 4.69) is 27.5 Å². The predicted molar refractivity (Wildman–Crippen MR) is 91.0 cm³/mol. The van der Waals surface area contributed by atoms with Crippen molar-refractivity contribution in [1.82, 2.24) is 9.97 Å². The van der Waals surface area contributed by atoms with Gasteiger partial charge in [0.05, 0.1) is 25.5 Å². The van der Waals surface area contributed by atoms with Crippen LogP contribution in [0.5, 0.6) is 0 Å². The van der Waals surface area contributed by atoms with Gasteiger partial charge in [-0.05, 0) is 31.2 Å². The standard InChI is InChI=1S/C16H21N5S/c1-21-8-6-11(7-9-21)19-20-15-14-12-4-2-3-5-13(12)22-16(14)18-10-17-15/h10H,2-9H2,1H3,(H,17,18,20)/p+1. The zero-order valence-electron chi connectivity index (χ0n) is 13.0. The minimum atomic E-state index is 0.892. The molecule has 2 N–H and O–H groups in total. The Labute approximate surface area is 134 Å². The monoisotopic (exact) mass is 316 g/mol. The van der Waals surface area contributed by atoms with E-state index in [9.17, 15) is 0 Å². The first-order valence-corrected chi connectivity index (χ1v) is 9.01. The molecule has 0 bridgehead atoms. The van der Waals surface area contributed by atoms with Crippen molar-refractivity contribution in [3.05, 3.63) is 16.8 Å². The molecule has 0 unspecified atom stereocenters. The van der Waals surface area contributed by atoms with Crippen LogP contribution in [0.2, 0.25) is 0 Å². The molecule has 22 heavy (non-hydrogen) atoms. The number of thiophene rings is 1. The molecule has 1 saturated heterocycles. The van der Waals surface area contributed by atoms with Crippen LogP contribution in [-0.4, -0.2) is 35.8 Å². The molecular formula is C16H22N5S+. The van der Waals surface area contributed by atoms with Gasteiger partial charge in [0.25, 0.3) is 0 Å². The van der Waals surface area contributed by atoms with E-state index in [1.807, 2.05) is 11.3 Å². The van der Waals surface area contributed by atoms with Gasteiger partial charge in [0.1, 0.15) is 11.2 Å². The second kappa shape index (κ2) is 5.93. The molecule has 0 saturated carbocycles. The number of quaternary nitrogens is 1. The first-order valence-electron chi connectivity index (χ1n) is 8.19. The van der Waals surface area contributed by atoms with Gasteiger partial charge in [-0.1, -0.05) is 0 Å². The normalized spacial score (nSPS) is 21.7. The minimum absolute atomic E-state index is 0.892. The highest BCUT2D eigenvalue weighted by atomic mass is 32.1. The van der Waals surface area contributed by atoms with Gasteiger partial charge in [0.2, 0.25) is 0 Å². The molecule has 1 aliphatic heterocycles. The van der Waals surface area contributed by atoms with Gasteiger partial charge in [-0.15, -0.1) is 11.3 Å². The molecule has 2 aromatic rings. The van der Waals surface area contributed by atoms with Crippen molar-refractivity contribution in [1.29, 1.82) is 0 Å². The summed E-state index contributed by atoms with van der Waals surface area (Å²) in [7, 11) is 2.25. The molecule has 0 amide bonds. The molecule has 116 valence electrons. The Balaban J connectivity index is 1.64. The van der Waals surface area contributed by atoms with Crippen molar-refractivity contribution in [2.45, 2.75) is 38.5 Å². The third kappa shape index (κ3) is 2.61. The molecule has 0 aromatic carbocycles. The van der Waals surface area contributed by atoms with E-state index in [0.717, 1.165) is 29.9 Å². The lowest BCUT2D eigenvalue weighted by atomic mass is 9.97. The van der Waals surface area contributed by atoms with Gasteiger partial charge >= 0.3 is 0 Å². The lowest BCUT2D eigenvalue weighted by molar-refractivity contribution is -0.880. The number of nitrogens with zero attached hydrogens (tertiary/aromatic N) is 3. The fraction of sp³-hybridized carbons (Fsp3) is 0.562. The number of aryl methyl sites for hydroxylation is 2. The van der Waals surface area contributed by atoms with Crippen molar-refractivity contribution in [3.8, 4) is 0 Å². The average Bonchev–Trinajstić information content (AvgIpc) is 2.93. The molecule has 1 aliphatic carbocycles. The molecule has 4 rings (SSSR count). The Morgan fingerprint density at radius 2 is 1.95 bits per heavy atom. The molecule has 2 aliphatic rings. The molecule has 6 heteroatoms. The predicted octanol–water partition coefficient (Wildman–Crippen LogP) is 1.65. The number of anilines is 1. The summed E-state index contributed by atoms with van der Waals surface area (Å²) in [5.74, 6) is 0.892. The number of likely N-dealkylation sites (tertiary alicyclic amines) is 1. The largest absolute Gasteiger partial charge is 0.337 e.